The molecule has 1 aromatic heterocycles. The number of pyridine rings is 1. The van der Waals surface area contributed by atoms with Crippen LogP contribution in [0.4, 0.5) is 0 Å². The van der Waals surface area contributed by atoms with Crippen LogP contribution in [0, 0.1) is 20.8 Å². The maximum Gasteiger partial charge on any atom is 0.213 e. The molecule has 0 saturated carbocycles. The molecule has 1 heteroatoms. The summed E-state index contributed by atoms with van der Waals surface area (Å²) in [6, 6.07) is 37.5. The Labute approximate surface area is 253 Å². The lowest BCUT2D eigenvalue weighted by molar-refractivity contribution is -0.633. The smallest absolute Gasteiger partial charge is 0.194 e. The van der Waals surface area contributed by atoms with E-state index < -0.39 is 0 Å². The van der Waals surface area contributed by atoms with Crippen molar-refractivity contribution in [2.75, 3.05) is 0 Å². The molecule has 4 aliphatic carbocycles. The number of nitrogens with zero attached hydrogens (tertiary/aromatic N) is 1. The summed E-state index contributed by atoms with van der Waals surface area (Å²) in [5.74, 6) is 0.573. The highest BCUT2D eigenvalue weighted by atomic mass is 14.9. The minimum atomic E-state index is 0.274. The number of benzene rings is 5. The molecule has 10 rings (SSSR count). The monoisotopic (exact) mass is 552 g/mol. The molecule has 2 bridgehead atoms. The predicted octanol–water partition coefficient (Wildman–Crippen LogP) is 7.88. The van der Waals surface area contributed by atoms with Gasteiger partial charge in [-0.3, -0.25) is 0 Å². The van der Waals surface area contributed by atoms with Gasteiger partial charge in [-0.1, -0.05) is 84.4 Å². The zero-order valence-electron chi connectivity index (χ0n) is 25.2. The SMILES string of the molecule is Cc1cc(C)c(C)c(-c2ccc3c(-c4ccc5c(c4)C4c6ccccc6C5c5cc6c(cc54)=CCC=6)cccc3[n+]2C)c1. The van der Waals surface area contributed by atoms with Gasteiger partial charge in [0, 0.05) is 29.5 Å². The Bertz CT molecular complexity index is 2320. The number of aryl methyl sites for hydroxylation is 3. The number of aromatic nitrogens is 1. The summed E-state index contributed by atoms with van der Waals surface area (Å²) in [5, 5.41) is 4.10. The van der Waals surface area contributed by atoms with Gasteiger partial charge in [0.25, 0.3) is 0 Å². The molecule has 0 amide bonds. The second kappa shape index (κ2) is 8.88. The predicted molar refractivity (Wildman–Crippen MR) is 178 cm³/mol. The lowest BCUT2D eigenvalue weighted by Gasteiger charge is -2.42. The van der Waals surface area contributed by atoms with Gasteiger partial charge in [0.1, 0.15) is 7.05 Å². The molecule has 0 fully saturated rings. The Balaban J connectivity index is 1.23. The van der Waals surface area contributed by atoms with E-state index in [1.165, 1.54) is 93.8 Å². The Hall–Kier alpha value is -4.75. The molecule has 1 nitrogen and oxygen atoms in total. The molecule has 43 heavy (non-hydrogen) atoms. The van der Waals surface area contributed by atoms with Crippen molar-refractivity contribution >= 4 is 23.1 Å². The largest absolute Gasteiger partial charge is 0.213 e. The van der Waals surface area contributed by atoms with Gasteiger partial charge in [-0.2, -0.15) is 4.57 Å². The van der Waals surface area contributed by atoms with E-state index in [1.807, 2.05) is 0 Å². The van der Waals surface area contributed by atoms with Crippen LogP contribution in [0.1, 0.15) is 68.3 Å². The summed E-state index contributed by atoms with van der Waals surface area (Å²) in [4.78, 5) is 0. The van der Waals surface area contributed by atoms with Crippen molar-refractivity contribution in [2.45, 2.75) is 39.0 Å². The fraction of sp³-hybridized carbons (Fsp3) is 0.167. The van der Waals surface area contributed by atoms with Gasteiger partial charge in [0.05, 0.1) is 5.39 Å². The molecule has 0 N–H and O–H groups in total. The second-order valence-electron chi connectivity index (χ2n) is 12.9. The van der Waals surface area contributed by atoms with E-state index >= 15 is 0 Å². The summed E-state index contributed by atoms with van der Waals surface area (Å²) in [6.07, 6.45) is 5.80. The van der Waals surface area contributed by atoms with Crippen molar-refractivity contribution < 1.29 is 4.57 Å². The maximum absolute atomic E-state index is 2.51. The normalized spacial score (nSPS) is 17.1. The van der Waals surface area contributed by atoms with Crippen LogP contribution in [-0.2, 0) is 7.05 Å². The summed E-state index contributed by atoms with van der Waals surface area (Å²) in [5.41, 5.74) is 19.3. The van der Waals surface area contributed by atoms with E-state index in [9.17, 15) is 0 Å². The van der Waals surface area contributed by atoms with Gasteiger partial charge in [0.2, 0.25) is 11.2 Å². The van der Waals surface area contributed by atoms with E-state index in [-0.39, 0.29) is 5.92 Å². The topological polar surface area (TPSA) is 3.88 Å². The summed E-state index contributed by atoms with van der Waals surface area (Å²) in [6.45, 7) is 6.65. The van der Waals surface area contributed by atoms with Crippen molar-refractivity contribution in [3.8, 4) is 22.4 Å². The molecule has 0 saturated heterocycles. The molecule has 0 radical (unpaired) electrons. The van der Waals surface area contributed by atoms with Crippen molar-refractivity contribution in [1.82, 2.24) is 0 Å². The minimum absolute atomic E-state index is 0.274. The first-order chi connectivity index (χ1) is 21.0. The zero-order chi connectivity index (χ0) is 29.0. The summed E-state index contributed by atoms with van der Waals surface area (Å²) in [7, 11) is 2.21. The molecule has 206 valence electrons. The average Bonchev–Trinajstić information content (AvgIpc) is 3.49. The van der Waals surface area contributed by atoms with Crippen LogP contribution in [0.25, 0.3) is 45.4 Å². The fourth-order valence-electron chi connectivity index (χ4n) is 8.38. The van der Waals surface area contributed by atoms with Gasteiger partial charge in [-0.15, -0.1) is 0 Å². The highest BCUT2D eigenvalue weighted by Gasteiger charge is 2.41. The van der Waals surface area contributed by atoms with Crippen molar-refractivity contribution in [3.63, 3.8) is 0 Å². The van der Waals surface area contributed by atoms with Gasteiger partial charge in [-0.25, -0.2) is 0 Å². The van der Waals surface area contributed by atoms with E-state index in [4.69, 9.17) is 0 Å². The summed E-state index contributed by atoms with van der Waals surface area (Å²) >= 11 is 0. The third-order valence-electron chi connectivity index (χ3n) is 10.5. The molecule has 1 heterocycles. The van der Waals surface area contributed by atoms with Crippen LogP contribution in [-0.4, -0.2) is 0 Å². The molecule has 6 aromatic rings. The quantitative estimate of drug-likeness (QED) is 0.192. The van der Waals surface area contributed by atoms with E-state index in [0.29, 0.717) is 5.92 Å². The highest BCUT2D eigenvalue weighted by Crippen LogP contribution is 2.55. The third kappa shape index (κ3) is 3.42. The van der Waals surface area contributed by atoms with Crippen LogP contribution in [0.2, 0.25) is 0 Å². The Morgan fingerprint density at radius 2 is 1.26 bits per heavy atom. The lowest BCUT2D eigenvalue weighted by atomic mass is 9.60. The van der Waals surface area contributed by atoms with Crippen molar-refractivity contribution in [3.05, 3.63) is 158 Å². The Morgan fingerprint density at radius 1 is 0.581 bits per heavy atom. The van der Waals surface area contributed by atoms with Gasteiger partial charge in [-0.05, 0) is 111 Å². The minimum Gasteiger partial charge on any atom is -0.194 e. The van der Waals surface area contributed by atoms with Crippen LogP contribution >= 0.6 is 0 Å². The number of fused-ring (bicyclic) bond motifs is 2. The Kier molecular flexibility index (Phi) is 5.12. The van der Waals surface area contributed by atoms with E-state index in [2.05, 4.69) is 142 Å². The van der Waals surface area contributed by atoms with E-state index in [0.717, 1.165) is 6.42 Å². The molecule has 4 aliphatic rings. The molecule has 0 spiro atoms. The number of rotatable bonds is 2. The fourth-order valence-corrected chi connectivity index (χ4v) is 8.38. The molecule has 2 unspecified atom stereocenters. The Morgan fingerprint density at radius 3 is 2.00 bits per heavy atom. The van der Waals surface area contributed by atoms with Gasteiger partial charge in [0.15, 0.2) is 0 Å². The van der Waals surface area contributed by atoms with Gasteiger partial charge < -0.3 is 0 Å². The maximum atomic E-state index is 2.51. The van der Waals surface area contributed by atoms with E-state index in [1.54, 1.807) is 0 Å². The molecule has 0 aliphatic heterocycles. The first kappa shape index (κ1) is 24.8. The number of hydrogen-bond donors (Lipinski definition) is 0. The zero-order valence-corrected chi connectivity index (χ0v) is 25.2. The first-order valence-electron chi connectivity index (χ1n) is 15.5. The molecule has 5 aromatic carbocycles. The molecular formula is C42H34N+. The van der Waals surface area contributed by atoms with Crippen molar-refractivity contribution in [1.29, 1.82) is 0 Å². The van der Waals surface area contributed by atoms with Crippen molar-refractivity contribution in [2.24, 2.45) is 7.05 Å². The lowest BCUT2D eigenvalue weighted by Crippen LogP contribution is -2.33. The number of hydrogen-bond acceptors (Lipinski definition) is 0. The highest BCUT2D eigenvalue weighted by molar-refractivity contribution is 5.94. The third-order valence-corrected chi connectivity index (χ3v) is 10.5. The summed E-state index contributed by atoms with van der Waals surface area (Å²) < 4.78 is 2.38. The van der Waals surface area contributed by atoms with Crippen LogP contribution in [0.3, 0.4) is 0 Å². The standard InChI is InChI=1S/C42H34N/c1-24-19-25(2)26(3)35(20-24)40-18-17-31-30(13-8-14-39(31)43(40)4)29-15-16-34-36(23-29)42-33-12-6-5-11-32(33)41(34)37-21-27-9-7-10-28(27)22-38(37)42/h5-6,8-23,41-42H,7H2,1-4H3/q+1. The second-order valence-corrected chi connectivity index (χ2v) is 12.9. The average molecular weight is 553 g/mol. The van der Waals surface area contributed by atoms with Gasteiger partial charge >= 0.3 is 0 Å². The first-order valence-corrected chi connectivity index (χ1v) is 15.5. The van der Waals surface area contributed by atoms with Crippen LogP contribution in [0.15, 0.2) is 97.1 Å². The van der Waals surface area contributed by atoms with Crippen LogP contribution in [0.5, 0.6) is 0 Å². The molecular weight excluding hydrogens is 518 g/mol. The van der Waals surface area contributed by atoms with Crippen LogP contribution < -0.4 is 15.0 Å². The molecule has 2 atom stereocenters.